The van der Waals surface area contributed by atoms with E-state index < -0.39 is 8.80 Å². The molecule has 1 aliphatic carbocycles. The third-order valence-corrected chi connectivity index (χ3v) is 12.0. The lowest BCUT2D eigenvalue weighted by molar-refractivity contribution is 0.362. The van der Waals surface area contributed by atoms with Crippen LogP contribution in [0.5, 0.6) is 5.75 Å². The minimum atomic E-state index is -0.756. The second kappa shape index (κ2) is 12.0. The van der Waals surface area contributed by atoms with Crippen molar-refractivity contribution >= 4 is 8.80 Å². The molecule has 0 heterocycles. The Kier molecular flexibility index (Phi) is 8.00. The quantitative estimate of drug-likeness (QED) is 0.128. The molecule has 0 bridgehead atoms. The number of benzene rings is 5. The molecule has 0 amide bonds. The fourth-order valence-electron chi connectivity index (χ4n) is 6.87. The van der Waals surface area contributed by atoms with Crippen molar-refractivity contribution in [2.24, 2.45) is 0 Å². The van der Waals surface area contributed by atoms with Crippen LogP contribution in [0.15, 0.2) is 116 Å². The number of hydrogen-bond donors (Lipinski definition) is 0. The van der Waals surface area contributed by atoms with Crippen molar-refractivity contribution in [3.8, 4) is 50.3 Å². The summed E-state index contributed by atoms with van der Waals surface area (Å²) < 4.78 is 6.47. The summed E-state index contributed by atoms with van der Waals surface area (Å²) >= 11 is 0. The van der Waals surface area contributed by atoms with Crippen molar-refractivity contribution in [2.75, 3.05) is 6.61 Å². The first kappa shape index (κ1) is 28.0. The third-order valence-electron chi connectivity index (χ3n) is 8.73. The lowest BCUT2D eigenvalue weighted by Crippen LogP contribution is -2.22. The lowest BCUT2D eigenvalue weighted by Gasteiger charge is -2.27. The third kappa shape index (κ3) is 4.95. The number of rotatable bonds is 9. The molecule has 6 rings (SSSR count). The first-order chi connectivity index (χ1) is 20.5. The highest BCUT2D eigenvalue weighted by molar-refractivity contribution is 6.62. The van der Waals surface area contributed by atoms with E-state index in [1.807, 2.05) is 6.08 Å². The van der Waals surface area contributed by atoms with Gasteiger partial charge in [-0.15, -0.1) is 0 Å². The van der Waals surface area contributed by atoms with Gasteiger partial charge in [0.25, 0.3) is 0 Å². The molecule has 42 heavy (non-hydrogen) atoms. The van der Waals surface area contributed by atoms with Crippen LogP contribution in [0.3, 0.4) is 0 Å². The van der Waals surface area contributed by atoms with Crippen molar-refractivity contribution in [1.82, 2.24) is 0 Å². The highest BCUT2D eigenvalue weighted by atomic mass is 28.3. The number of hydrogen-bond acceptors (Lipinski definition) is 1. The van der Waals surface area contributed by atoms with Crippen LogP contribution < -0.4 is 4.74 Å². The summed E-state index contributed by atoms with van der Waals surface area (Å²) in [7, 11) is -0.756. The summed E-state index contributed by atoms with van der Waals surface area (Å²) in [4.78, 5) is 0. The Morgan fingerprint density at radius 3 is 2.00 bits per heavy atom. The van der Waals surface area contributed by atoms with Gasteiger partial charge in [-0.05, 0) is 81.1 Å². The Morgan fingerprint density at radius 1 is 0.690 bits per heavy atom. The summed E-state index contributed by atoms with van der Waals surface area (Å²) in [5, 5.41) is 0. The van der Waals surface area contributed by atoms with E-state index in [-0.39, 0.29) is 0 Å². The van der Waals surface area contributed by atoms with Gasteiger partial charge in [-0.3, -0.25) is 0 Å². The van der Waals surface area contributed by atoms with Crippen LogP contribution in [-0.2, 0) is 0 Å². The Balaban J connectivity index is 1.70. The Hall–Kier alpha value is -4.14. The molecule has 0 saturated carbocycles. The number of ether oxygens (including phenoxy) is 1. The van der Waals surface area contributed by atoms with Gasteiger partial charge in [0.05, 0.1) is 8.80 Å². The van der Waals surface area contributed by atoms with Gasteiger partial charge < -0.3 is 4.74 Å². The topological polar surface area (TPSA) is 9.23 Å². The van der Waals surface area contributed by atoms with Crippen molar-refractivity contribution < 1.29 is 4.74 Å². The first-order valence-corrected chi connectivity index (χ1v) is 17.2. The minimum absolute atomic E-state index is 0.394. The molecule has 0 N–H and O–H groups in total. The van der Waals surface area contributed by atoms with Gasteiger partial charge in [0.1, 0.15) is 12.4 Å². The molecule has 2 heteroatoms. The molecular formula is C40H39OSi. The van der Waals surface area contributed by atoms with E-state index in [0.717, 1.165) is 5.75 Å². The fourth-order valence-corrected chi connectivity index (χ4v) is 9.57. The highest BCUT2D eigenvalue weighted by Crippen LogP contribution is 2.55. The molecule has 1 aliphatic rings. The van der Waals surface area contributed by atoms with E-state index in [1.165, 1.54) is 78.8 Å². The zero-order valence-electron chi connectivity index (χ0n) is 25.2. The van der Waals surface area contributed by atoms with E-state index in [2.05, 4.69) is 137 Å². The average Bonchev–Trinajstić information content (AvgIpc) is 3.35. The maximum atomic E-state index is 6.47. The molecule has 0 fully saturated rings. The molecule has 5 aromatic carbocycles. The molecule has 1 atom stereocenters. The normalized spacial score (nSPS) is 13.6. The van der Waals surface area contributed by atoms with Crippen LogP contribution in [0.25, 0.3) is 44.5 Å². The maximum Gasteiger partial charge on any atom is 0.130 e. The van der Waals surface area contributed by atoms with Gasteiger partial charge in [-0.1, -0.05) is 136 Å². The van der Waals surface area contributed by atoms with Gasteiger partial charge >= 0.3 is 0 Å². The van der Waals surface area contributed by atoms with Gasteiger partial charge in [0, 0.05) is 11.1 Å². The lowest BCUT2D eigenvalue weighted by atomic mass is 9.86. The predicted molar refractivity (Wildman–Crippen MR) is 182 cm³/mol. The average molecular weight is 564 g/mol. The predicted octanol–water partition coefficient (Wildman–Crippen LogP) is 11.1. The first-order valence-electron chi connectivity index (χ1n) is 15.2. The Bertz CT molecular complexity index is 1730. The van der Waals surface area contributed by atoms with E-state index in [1.54, 1.807) is 0 Å². The van der Waals surface area contributed by atoms with Crippen molar-refractivity contribution in [3.63, 3.8) is 0 Å². The molecule has 0 spiro atoms. The molecular weight excluding hydrogens is 525 g/mol. The van der Waals surface area contributed by atoms with E-state index in [0.29, 0.717) is 12.1 Å². The molecule has 209 valence electrons. The second-order valence-electron chi connectivity index (χ2n) is 11.3. The van der Waals surface area contributed by atoms with Crippen molar-refractivity contribution in [1.29, 1.82) is 0 Å². The highest BCUT2D eigenvalue weighted by Gasteiger charge is 2.38. The summed E-state index contributed by atoms with van der Waals surface area (Å²) in [5.74, 6) is 0.965. The van der Waals surface area contributed by atoms with Crippen LogP contribution in [0.1, 0.15) is 41.6 Å². The van der Waals surface area contributed by atoms with E-state index in [9.17, 15) is 0 Å². The summed E-state index contributed by atoms with van der Waals surface area (Å²) in [6.45, 7) is 13.6. The van der Waals surface area contributed by atoms with Crippen LogP contribution >= 0.6 is 0 Å². The van der Waals surface area contributed by atoms with Crippen LogP contribution in [-0.4, -0.2) is 15.4 Å². The maximum absolute atomic E-state index is 6.47. The van der Waals surface area contributed by atoms with Gasteiger partial charge in [0.2, 0.25) is 0 Å². The Morgan fingerprint density at radius 2 is 1.33 bits per heavy atom. The summed E-state index contributed by atoms with van der Waals surface area (Å²) in [6, 6.07) is 40.6. The SMILES string of the molecule is C=CCOc1c(C)cc(C)cc1-c1c(-c2ccccc2)ccc2c1C([Si](CC)CC)c1cc(-c3ccccc3)ccc1-2. The zero-order chi connectivity index (χ0) is 29.2. The van der Waals surface area contributed by atoms with Crippen LogP contribution in [0.2, 0.25) is 12.1 Å². The molecule has 1 nitrogen and oxygen atoms in total. The fraction of sp³-hybridized carbons (Fsp3) is 0.200. The number of fused-ring (bicyclic) bond motifs is 3. The van der Waals surface area contributed by atoms with E-state index in [4.69, 9.17) is 4.74 Å². The van der Waals surface area contributed by atoms with Gasteiger partial charge in [-0.25, -0.2) is 0 Å². The summed E-state index contributed by atoms with van der Waals surface area (Å²) in [6.07, 6.45) is 1.84. The Labute approximate surface area is 253 Å². The van der Waals surface area contributed by atoms with Crippen molar-refractivity contribution in [2.45, 2.75) is 45.3 Å². The molecule has 1 radical (unpaired) electrons. The molecule has 0 aromatic heterocycles. The molecule has 5 aromatic rings. The second-order valence-corrected chi connectivity index (χ2v) is 14.6. The van der Waals surface area contributed by atoms with Crippen LogP contribution in [0.4, 0.5) is 0 Å². The van der Waals surface area contributed by atoms with Crippen LogP contribution in [0, 0.1) is 13.8 Å². The molecule has 1 unspecified atom stereocenters. The molecule has 0 aliphatic heterocycles. The molecule has 0 saturated heterocycles. The van der Waals surface area contributed by atoms with Crippen molar-refractivity contribution in [3.05, 3.63) is 138 Å². The zero-order valence-corrected chi connectivity index (χ0v) is 26.2. The minimum Gasteiger partial charge on any atom is -0.489 e. The monoisotopic (exact) mass is 563 g/mol. The number of aryl methyl sites for hydroxylation is 2. The summed E-state index contributed by atoms with van der Waals surface area (Å²) in [5.41, 5.74) is 16.2. The standard InChI is InChI=1S/C40H39OSi/c1-6-23-41-39-28(5)24-27(4)25-36(39)37-32(30-17-13-10-14-18-30)21-22-34-33-20-19-31(29-15-11-9-12-16-29)26-35(33)40(38(34)37)42(7-2)8-3/h6,9-22,24-26,40H,1,7-8,23H2,2-5H3. The van der Waals surface area contributed by atoms with E-state index >= 15 is 0 Å². The van der Waals surface area contributed by atoms with Gasteiger partial charge in [0.15, 0.2) is 0 Å². The smallest absolute Gasteiger partial charge is 0.130 e. The largest absolute Gasteiger partial charge is 0.489 e. The van der Waals surface area contributed by atoms with Gasteiger partial charge in [-0.2, -0.15) is 0 Å².